The molecular weight excluding hydrogens is 258 g/mol. The first-order valence-electron chi connectivity index (χ1n) is 6.81. The Balaban J connectivity index is 2.62. The summed E-state index contributed by atoms with van der Waals surface area (Å²) in [6, 6.07) is 2.15. The van der Waals surface area contributed by atoms with Gasteiger partial charge in [0.15, 0.2) is 0 Å². The van der Waals surface area contributed by atoms with Gasteiger partial charge in [-0.05, 0) is 44.8 Å². The van der Waals surface area contributed by atoms with Crippen molar-refractivity contribution in [2.24, 2.45) is 0 Å². The second kappa shape index (κ2) is 7.48. The summed E-state index contributed by atoms with van der Waals surface area (Å²) >= 11 is 1.89. The van der Waals surface area contributed by atoms with E-state index in [1.54, 1.807) is 6.07 Å². The van der Waals surface area contributed by atoms with E-state index in [0.29, 0.717) is 11.4 Å². The normalized spacial score (nSPS) is 12.7. The van der Waals surface area contributed by atoms with Crippen molar-refractivity contribution in [2.75, 3.05) is 17.2 Å². The molecular formula is C14H25N3OS. The summed E-state index contributed by atoms with van der Waals surface area (Å²) in [6.45, 7) is 8.27. The number of carbonyl (C=O) groups excluding carboxylic acids is 1. The van der Waals surface area contributed by atoms with Crippen LogP contribution in [0.25, 0.3) is 0 Å². The lowest BCUT2D eigenvalue weighted by Crippen LogP contribution is -2.34. The number of amides is 1. The first-order valence-corrected chi connectivity index (χ1v) is 7.97. The summed E-state index contributed by atoms with van der Waals surface area (Å²) < 4.78 is 1.91. The number of anilines is 1. The third-order valence-corrected chi connectivity index (χ3v) is 3.87. The van der Waals surface area contributed by atoms with Gasteiger partial charge >= 0.3 is 0 Å². The highest BCUT2D eigenvalue weighted by atomic mass is 32.2. The molecule has 1 atom stereocenters. The Hall–Kier alpha value is -1.10. The molecule has 1 aromatic heterocycles. The van der Waals surface area contributed by atoms with E-state index in [0.717, 1.165) is 17.9 Å². The van der Waals surface area contributed by atoms with Crippen molar-refractivity contribution in [3.05, 3.63) is 18.0 Å². The van der Waals surface area contributed by atoms with E-state index in [-0.39, 0.29) is 18.0 Å². The van der Waals surface area contributed by atoms with Gasteiger partial charge in [-0.2, -0.15) is 11.8 Å². The van der Waals surface area contributed by atoms with Gasteiger partial charge < -0.3 is 15.6 Å². The molecule has 0 aliphatic rings. The Kier molecular flexibility index (Phi) is 6.28. The van der Waals surface area contributed by atoms with Crippen LogP contribution >= 0.6 is 11.8 Å². The van der Waals surface area contributed by atoms with Crippen LogP contribution in [-0.4, -0.2) is 28.0 Å². The molecule has 1 amide bonds. The Morgan fingerprint density at radius 2 is 2.16 bits per heavy atom. The van der Waals surface area contributed by atoms with Crippen molar-refractivity contribution in [3.63, 3.8) is 0 Å². The minimum atomic E-state index is -0.0422. The number of thioether (sulfide) groups is 1. The van der Waals surface area contributed by atoms with Gasteiger partial charge in [-0.15, -0.1) is 0 Å². The zero-order valence-corrected chi connectivity index (χ0v) is 13.1. The van der Waals surface area contributed by atoms with Crippen LogP contribution in [0.3, 0.4) is 0 Å². The minimum absolute atomic E-state index is 0.0422. The average molecular weight is 283 g/mol. The molecule has 0 saturated carbocycles. The molecule has 0 fully saturated rings. The zero-order valence-electron chi connectivity index (χ0n) is 12.3. The van der Waals surface area contributed by atoms with E-state index in [1.807, 2.05) is 43.3 Å². The Morgan fingerprint density at radius 3 is 2.74 bits per heavy atom. The molecule has 4 nitrogen and oxygen atoms in total. The summed E-state index contributed by atoms with van der Waals surface area (Å²) in [7, 11) is 0. The van der Waals surface area contributed by atoms with E-state index in [2.05, 4.69) is 12.2 Å². The molecule has 0 aliphatic carbocycles. The van der Waals surface area contributed by atoms with Crippen LogP contribution in [0.5, 0.6) is 0 Å². The number of nitrogens with two attached hydrogens (primary N) is 1. The monoisotopic (exact) mass is 283 g/mol. The molecule has 5 heteroatoms. The maximum absolute atomic E-state index is 12.2. The van der Waals surface area contributed by atoms with Crippen molar-refractivity contribution < 1.29 is 4.79 Å². The van der Waals surface area contributed by atoms with Gasteiger partial charge in [0.05, 0.1) is 5.69 Å². The minimum Gasteiger partial charge on any atom is -0.397 e. The molecule has 1 unspecified atom stereocenters. The zero-order chi connectivity index (χ0) is 14.4. The largest absolute Gasteiger partial charge is 0.397 e. The molecule has 0 bridgehead atoms. The van der Waals surface area contributed by atoms with Gasteiger partial charge in [0.1, 0.15) is 5.69 Å². The summed E-state index contributed by atoms with van der Waals surface area (Å²) in [5.41, 5.74) is 7.05. The second-order valence-electron chi connectivity index (χ2n) is 5.02. The van der Waals surface area contributed by atoms with E-state index >= 15 is 0 Å². The topological polar surface area (TPSA) is 60.1 Å². The van der Waals surface area contributed by atoms with Crippen LogP contribution in [0, 0.1) is 0 Å². The highest BCUT2D eigenvalue weighted by molar-refractivity contribution is 7.99. The molecule has 19 heavy (non-hydrogen) atoms. The molecule has 0 radical (unpaired) electrons. The number of nitrogens with zero attached hydrogens (tertiary/aromatic N) is 1. The number of carbonyl (C=O) groups is 1. The number of rotatable bonds is 7. The molecule has 3 N–H and O–H groups in total. The maximum atomic E-state index is 12.2. The Bertz CT molecular complexity index is 415. The van der Waals surface area contributed by atoms with Crippen molar-refractivity contribution in [2.45, 2.75) is 46.2 Å². The number of hydrogen-bond acceptors (Lipinski definition) is 3. The lowest BCUT2D eigenvalue weighted by atomic mass is 10.2. The van der Waals surface area contributed by atoms with Crippen molar-refractivity contribution in [1.29, 1.82) is 0 Å². The van der Waals surface area contributed by atoms with Crippen molar-refractivity contribution in [3.8, 4) is 0 Å². The van der Waals surface area contributed by atoms with E-state index in [4.69, 9.17) is 5.73 Å². The predicted octanol–water partition coefficient (Wildman–Crippen LogP) is 2.91. The molecule has 1 aromatic rings. The summed E-state index contributed by atoms with van der Waals surface area (Å²) in [4.78, 5) is 12.2. The fraction of sp³-hybridized carbons (Fsp3) is 0.643. The SMILES string of the molecule is CCSCCC(C)NC(=O)c1cc(N)cn1C(C)C. The number of nitrogens with one attached hydrogen (secondary N) is 1. The number of hydrogen-bond donors (Lipinski definition) is 2. The van der Waals surface area contributed by atoms with Crippen LogP contribution in [-0.2, 0) is 0 Å². The predicted molar refractivity (Wildman–Crippen MR) is 83.8 cm³/mol. The van der Waals surface area contributed by atoms with Crippen LogP contribution in [0.2, 0.25) is 0 Å². The smallest absolute Gasteiger partial charge is 0.268 e. The summed E-state index contributed by atoms with van der Waals surface area (Å²) in [5.74, 6) is 2.15. The molecule has 1 rings (SSSR count). The molecule has 108 valence electrons. The second-order valence-corrected chi connectivity index (χ2v) is 6.41. The molecule has 0 saturated heterocycles. The number of nitrogen functional groups attached to an aromatic ring is 1. The van der Waals surface area contributed by atoms with E-state index in [9.17, 15) is 4.79 Å². The van der Waals surface area contributed by atoms with Gasteiger partial charge in [-0.3, -0.25) is 4.79 Å². The van der Waals surface area contributed by atoms with Gasteiger partial charge in [-0.1, -0.05) is 6.92 Å². The highest BCUT2D eigenvalue weighted by Gasteiger charge is 2.16. The third-order valence-electron chi connectivity index (χ3n) is 2.94. The lowest BCUT2D eigenvalue weighted by Gasteiger charge is -2.16. The fourth-order valence-electron chi connectivity index (χ4n) is 1.88. The fourth-order valence-corrected chi connectivity index (χ4v) is 2.69. The third kappa shape index (κ3) is 4.82. The Morgan fingerprint density at radius 1 is 1.47 bits per heavy atom. The Labute approximate surface area is 120 Å². The van der Waals surface area contributed by atoms with E-state index in [1.165, 1.54) is 0 Å². The van der Waals surface area contributed by atoms with Gasteiger partial charge in [0.25, 0.3) is 5.91 Å². The van der Waals surface area contributed by atoms with Crippen LogP contribution < -0.4 is 11.1 Å². The van der Waals surface area contributed by atoms with Gasteiger partial charge in [0.2, 0.25) is 0 Å². The van der Waals surface area contributed by atoms with E-state index < -0.39 is 0 Å². The summed E-state index contributed by atoms with van der Waals surface area (Å²) in [6.07, 6.45) is 2.80. The number of aromatic nitrogens is 1. The van der Waals surface area contributed by atoms with Crippen LogP contribution in [0.15, 0.2) is 12.3 Å². The maximum Gasteiger partial charge on any atom is 0.268 e. The van der Waals surface area contributed by atoms with Gasteiger partial charge in [0, 0.05) is 18.3 Å². The first-order chi connectivity index (χ1) is 8.95. The quantitative estimate of drug-likeness (QED) is 0.756. The average Bonchev–Trinajstić information content (AvgIpc) is 2.72. The van der Waals surface area contributed by atoms with Gasteiger partial charge in [-0.25, -0.2) is 0 Å². The van der Waals surface area contributed by atoms with Crippen molar-refractivity contribution >= 4 is 23.4 Å². The molecule has 0 spiro atoms. The standard InChI is InChI=1S/C14H25N3OS/c1-5-19-7-6-11(4)16-14(18)13-8-12(15)9-17(13)10(2)3/h8-11H,5-7,15H2,1-4H3,(H,16,18). The van der Waals surface area contributed by atoms with Crippen LogP contribution in [0.1, 0.15) is 50.6 Å². The summed E-state index contributed by atoms with van der Waals surface area (Å²) in [5, 5.41) is 3.04. The van der Waals surface area contributed by atoms with Crippen LogP contribution in [0.4, 0.5) is 5.69 Å². The molecule has 1 heterocycles. The molecule has 0 aliphatic heterocycles. The lowest BCUT2D eigenvalue weighted by molar-refractivity contribution is 0.0928. The first kappa shape index (κ1) is 16.0. The molecule has 0 aromatic carbocycles. The van der Waals surface area contributed by atoms with Crippen molar-refractivity contribution in [1.82, 2.24) is 9.88 Å². The highest BCUT2D eigenvalue weighted by Crippen LogP contribution is 2.16.